The van der Waals surface area contributed by atoms with Gasteiger partial charge in [0.15, 0.2) is 0 Å². The normalized spacial score (nSPS) is 15.5. The molecular weight excluding hydrogens is 316 g/mol. The summed E-state index contributed by atoms with van der Waals surface area (Å²) in [7, 11) is 0. The van der Waals surface area contributed by atoms with E-state index < -0.39 is 0 Å². The van der Waals surface area contributed by atoms with E-state index in [0.29, 0.717) is 6.04 Å². The minimum Gasteiger partial charge on any atom is -0.361 e. The Labute approximate surface area is 148 Å². The predicted molar refractivity (Wildman–Crippen MR) is 95.5 cm³/mol. The van der Waals surface area contributed by atoms with Crippen molar-refractivity contribution >= 4 is 5.91 Å². The Kier molecular flexibility index (Phi) is 5.81. The molecule has 2 aromatic heterocycles. The highest BCUT2D eigenvalue weighted by Crippen LogP contribution is 2.16. The van der Waals surface area contributed by atoms with Gasteiger partial charge in [0, 0.05) is 42.7 Å². The van der Waals surface area contributed by atoms with Crippen LogP contribution in [0.1, 0.15) is 46.6 Å². The van der Waals surface area contributed by atoms with Crippen molar-refractivity contribution in [3.05, 3.63) is 47.1 Å². The first-order chi connectivity index (χ1) is 12.1. The van der Waals surface area contributed by atoms with Gasteiger partial charge in [0.25, 0.3) is 5.91 Å². The summed E-state index contributed by atoms with van der Waals surface area (Å²) in [5.74, 6) is 1.04. The lowest BCUT2D eigenvalue weighted by atomic mass is 10.0. The highest BCUT2D eigenvalue weighted by molar-refractivity contribution is 5.94. The van der Waals surface area contributed by atoms with Crippen LogP contribution in [0.25, 0.3) is 0 Å². The van der Waals surface area contributed by atoms with Crippen LogP contribution in [0.2, 0.25) is 0 Å². The fourth-order valence-corrected chi connectivity index (χ4v) is 3.39. The topological polar surface area (TPSA) is 71.3 Å². The number of likely N-dealkylation sites (tertiary alicyclic amines) is 1. The summed E-state index contributed by atoms with van der Waals surface area (Å²) in [5, 5.41) is 7.62. The second-order valence-electron chi connectivity index (χ2n) is 6.66. The highest BCUT2D eigenvalue weighted by Gasteiger charge is 2.23. The number of amides is 1. The van der Waals surface area contributed by atoms with Crippen molar-refractivity contribution < 1.29 is 9.32 Å². The van der Waals surface area contributed by atoms with Crippen molar-refractivity contribution in [1.29, 1.82) is 0 Å². The lowest BCUT2D eigenvalue weighted by molar-refractivity contribution is 0.0705. The zero-order valence-electron chi connectivity index (χ0n) is 15.0. The van der Waals surface area contributed by atoms with E-state index in [4.69, 9.17) is 4.52 Å². The van der Waals surface area contributed by atoms with E-state index in [-0.39, 0.29) is 5.91 Å². The van der Waals surface area contributed by atoms with Crippen LogP contribution in [-0.4, -0.2) is 46.6 Å². The Morgan fingerprint density at radius 2 is 2.00 bits per heavy atom. The number of carbonyl (C=O) groups is 1. The predicted octanol–water partition coefficient (Wildman–Crippen LogP) is 2.51. The Bertz CT molecular complexity index is 671. The van der Waals surface area contributed by atoms with Crippen molar-refractivity contribution in [2.24, 2.45) is 0 Å². The Balaban J connectivity index is 1.37. The van der Waals surface area contributed by atoms with Gasteiger partial charge in [-0.1, -0.05) is 5.16 Å². The molecular formula is C19H26N4O2. The molecule has 0 aromatic carbocycles. The molecule has 0 atom stereocenters. The molecule has 3 heterocycles. The minimum absolute atomic E-state index is 0.110. The van der Waals surface area contributed by atoms with Crippen LogP contribution in [0.5, 0.6) is 0 Å². The van der Waals surface area contributed by atoms with Gasteiger partial charge in [0.1, 0.15) is 5.76 Å². The summed E-state index contributed by atoms with van der Waals surface area (Å²) in [6.45, 7) is 6.56. The molecule has 1 amide bonds. The SMILES string of the molecule is Cc1noc(C)c1CCCNC1CCN(C(=O)c2ccncc2)CC1. The van der Waals surface area contributed by atoms with Gasteiger partial charge in [0.05, 0.1) is 5.69 Å². The van der Waals surface area contributed by atoms with Crippen molar-refractivity contribution in [3.8, 4) is 0 Å². The van der Waals surface area contributed by atoms with Gasteiger partial charge in [-0.25, -0.2) is 0 Å². The average Bonchev–Trinajstić information content (AvgIpc) is 2.97. The van der Waals surface area contributed by atoms with Gasteiger partial charge >= 0.3 is 0 Å². The largest absolute Gasteiger partial charge is 0.361 e. The number of carbonyl (C=O) groups excluding carboxylic acids is 1. The van der Waals surface area contributed by atoms with Gasteiger partial charge in [0.2, 0.25) is 0 Å². The molecule has 1 aliphatic rings. The van der Waals surface area contributed by atoms with Crippen LogP contribution >= 0.6 is 0 Å². The smallest absolute Gasteiger partial charge is 0.253 e. The summed E-state index contributed by atoms with van der Waals surface area (Å²) in [6, 6.07) is 4.05. The lowest BCUT2D eigenvalue weighted by Crippen LogP contribution is -2.45. The molecule has 2 aromatic rings. The number of nitrogens with zero attached hydrogens (tertiary/aromatic N) is 3. The molecule has 1 fully saturated rings. The third-order valence-electron chi connectivity index (χ3n) is 4.93. The van der Waals surface area contributed by atoms with Gasteiger partial charge in [-0.3, -0.25) is 9.78 Å². The number of piperidine rings is 1. The summed E-state index contributed by atoms with van der Waals surface area (Å²) in [6.07, 6.45) is 7.40. The number of hydrogen-bond donors (Lipinski definition) is 1. The van der Waals surface area contributed by atoms with Crippen LogP contribution in [0, 0.1) is 13.8 Å². The van der Waals surface area contributed by atoms with E-state index >= 15 is 0 Å². The molecule has 6 heteroatoms. The molecule has 0 radical (unpaired) electrons. The van der Waals surface area contributed by atoms with Gasteiger partial charge in [-0.15, -0.1) is 0 Å². The lowest BCUT2D eigenvalue weighted by Gasteiger charge is -2.32. The molecule has 134 valence electrons. The van der Waals surface area contributed by atoms with Gasteiger partial charge in [-0.2, -0.15) is 0 Å². The van der Waals surface area contributed by atoms with Crippen LogP contribution in [0.3, 0.4) is 0 Å². The van der Waals surface area contributed by atoms with Gasteiger partial charge < -0.3 is 14.7 Å². The molecule has 1 N–H and O–H groups in total. The summed E-state index contributed by atoms with van der Waals surface area (Å²) >= 11 is 0. The summed E-state index contributed by atoms with van der Waals surface area (Å²) in [4.78, 5) is 18.3. The molecule has 0 aliphatic carbocycles. The van der Waals surface area contributed by atoms with Crippen LogP contribution in [0.4, 0.5) is 0 Å². The number of pyridine rings is 1. The van der Waals surface area contributed by atoms with Crippen LogP contribution in [0.15, 0.2) is 29.0 Å². The fraction of sp³-hybridized carbons (Fsp3) is 0.526. The third-order valence-corrected chi connectivity index (χ3v) is 4.93. The van der Waals surface area contributed by atoms with Crippen molar-refractivity contribution in [2.75, 3.05) is 19.6 Å². The molecule has 25 heavy (non-hydrogen) atoms. The monoisotopic (exact) mass is 342 g/mol. The van der Waals surface area contributed by atoms with E-state index in [9.17, 15) is 4.79 Å². The number of nitrogens with one attached hydrogen (secondary N) is 1. The van der Waals surface area contributed by atoms with Crippen LogP contribution in [-0.2, 0) is 6.42 Å². The number of aryl methyl sites for hydroxylation is 2. The Morgan fingerprint density at radius 3 is 2.64 bits per heavy atom. The molecule has 6 nitrogen and oxygen atoms in total. The van der Waals surface area contributed by atoms with Crippen molar-refractivity contribution in [2.45, 2.75) is 45.6 Å². The summed E-state index contributed by atoms with van der Waals surface area (Å²) in [5.41, 5.74) is 2.96. The maximum atomic E-state index is 12.4. The number of rotatable bonds is 6. The molecule has 3 rings (SSSR count). The molecule has 0 bridgehead atoms. The first-order valence-corrected chi connectivity index (χ1v) is 8.99. The summed E-state index contributed by atoms with van der Waals surface area (Å²) < 4.78 is 5.20. The first-order valence-electron chi connectivity index (χ1n) is 8.99. The molecule has 0 spiro atoms. The molecule has 0 saturated carbocycles. The maximum absolute atomic E-state index is 12.4. The minimum atomic E-state index is 0.110. The highest BCUT2D eigenvalue weighted by atomic mass is 16.5. The van der Waals surface area contributed by atoms with Crippen LogP contribution < -0.4 is 5.32 Å². The third kappa shape index (κ3) is 4.45. The second kappa shape index (κ2) is 8.25. The number of aromatic nitrogens is 2. The zero-order valence-corrected chi connectivity index (χ0v) is 15.0. The van der Waals surface area contributed by atoms with E-state index in [0.717, 1.165) is 62.3 Å². The Hall–Kier alpha value is -2.21. The fourth-order valence-electron chi connectivity index (χ4n) is 3.39. The van der Waals surface area contributed by atoms with E-state index in [1.54, 1.807) is 24.5 Å². The van der Waals surface area contributed by atoms with E-state index in [2.05, 4.69) is 15.5 Å². The van der Waals surface area contributed by atoms with E-state index in [1.807, 2.05) is 18.7 Å². The van der Waals surface area contributed by atoms with E-state index in [1.165, 1.54) is 5.56 Å². The average molecular weight is 342 g/mol. The number of hydrogen-bond acceptors (Lipinski definition) is 5. The zero-order chi connectivity index (χ0) is 17.6. The quantitative estimate of drug-likeness (QED) is 0.817. The Morgan fingerprint density at radius 1 is 1.28 bits per heavy atom. The molecule has 1 aliphatic heterocycles. The van der Waals surface area contributed by atoms with Crippen molar-refractivity contribution in [1.82, 2.24) is 20.4 Å². The molecule has 0 unspecified atom stereocenters. The second-order valence-corrected chi connectivity index (χ2v) is 6.66. The maximum Gasteiger partial charge on any atom is 0.253 e. The van der Waals surface area contributed by atoms with Gasteiger partial charge in [-0.05, 0) is 58.2 Å². The first kappa shape index (κ1) is 17.6. The molecule has 1 saturated heterocycles. The van der Waals surface area contributed by atoms with Crippen molar-refractivity contribution in [3.63, 3.8) is 0 Å². The standard InChI is InChI=1S/C19H26N4O2/c1-14-18(15(2)25-22-14)4-3-9-21-17-7-12-23(13-8-17)19(24)16-5-10-20-11-6-16/h5-6,10-11,17,21H,3-4,7-9,12-13H2,1-2H3.